The molecule has 0 aliphatic heterocycles. The normalized spacial score (nSPS) is 10.9. The molecule has 1 aromatic rings. The Kier molecular flexibility index (Phi) is 4.59. The van der Waals surface area contributed by atoms with Gasteiger partial charge in [0.1, 0.15) is 0 Å². The van der Waals surface area contributed by atoms with Crippen LogP contribution >= 0.6 is 0 Å². The van der Waals surface area contributed by atoms with Crippen molar-refractivity contribution in [1.82, 2.24) is 4.90 Å². The number of methoxy groups -OCH3 is 1. The number of anilines is 1. The molecule has 0 bridgehead atoms. The summed E-state index contributed by atoms with van der Waals surface area (Å²) >= 11 is 0. The van der Waals surface area contributed by atoms with Gasteiger partial charge in [0.25, 0.3) is 0 Å². The Balaban J connectivity index is 2.53. The number of rotatable bonds is 5. The van der Waals surface area contributed by atoms with Gasteiger partial charge in [-0.1, -0.05) is 12.1 Å². The maximum atomic E-state index is 5.85. The summed E-state index contributed by atoms with van der Waals surface area (Å²) in [6.07, 6.45) is 0. The van der Waals surface area contributed by atoms with Gasteiger partial charge in [0, 0.05) is 25.9 Å². The van der Waals surface area contributed by atoms with Crippen LogP contribution < -0.4 is 5.73 Å². The highest BCUT2D eigenvalue weighted by atomic mass is 16.5. The lowest BCUT2D eigenvalue weighted by Crippen LogP contribution is -2.22. The van der Waals surface area contributed by atoms with Gasteiger partial charge in [-0.2, -0.15) is 0 Å². The fourth-order valence-corrected chi connectivity index (χ4v) is 1.43. The largest absolute Gasteiger partial charge is 0.399 e. The Morgan fingerprint density at radius 1 is 1.40 bits per heavy atom. The van der Waals surface area contributed by atoms with Crippen molar-refractivity contribution in [2.75, 3.05) is 33.0 Å². The SMILES string of the molecule is COCCN(C)Cc1ccc(C)c(N)c1. The minimum Gasteiger partial charge on any atom is -0.399 e. The van der Waals surface area contributed by atoms with E-state index in [1.54, 1.807) is 7.11 Å². The number of likely N-dealkylation sites (N-methyl/N-ethyl adjacent to an activating group) is 1. The van der Waals surface area contributed by atoms with E-state index in [-0.39, 0.29) is 0 Å². The molecule has 15 heavy (non-hydrogen) atoms. The third kappa shape index (κ3) is 3.90. The Morgan fingerprint density at radius 3 is 2.73 bits per heavy atom. The van der Waals surface area contributed by atoms with Gasteiger partial charge in [-0.25, -0.2) is 0 Å². The first-order valence-corrected chi connectivity index (χ1v) is 5.16. The molecule has 0 aliphatic rings. The maximum Gasteiger partial charge on any atom is 0.0589 e. The molecule has 0 amide bonds. The van der Waals surface area contributed by atoms with E-state index in [2.05, 4.69) is 24.1 Å². The van der Waals surface area contributed by atoms with Gasteiger partial charge in [-0.3, -0.25) is 4.90 Å². The van der Waals surface area contributed by atoms with E-state index in [1.165, 1.54) is 5.56 Å². The summed E-state index contributed by atoms with van der Waals surface area (Å²) in [4.78, 5) is 2.22. The van der Waals surface area contributed by atoms with Crippen molar-refractivity contribution >= 4 is 5.69 Å². The van der Waals surface area contributed by atoms with E-state index < -0.39 is 0 Å². The molecule has 0 fully saturated rings. The van der Waals surface area contributed by atoms with Crippen LogP contribution in [0.15, 0.2) is 18.2 Å². The number of ether oxygens (including phenoxy) is 1. The lowest BCUT2D eigenvalue weighted by atomic mass is 10.1. The Morgan fingerprint density at radius 2 is 2.13 bits per heavy atom. The Bertz CT molecular complexity index is 312. The van der Waals surface area contributed by atoms with Crippen LogP contribution in [-0.2, 0) is 11.3 Å². The highest BCUT2D eigenvalue weighted by Crippen LogP contribution is 2.13. The van der Waals surface area contributed by atoms with E-state index in [9.17, 15) is 0 Å². The first kappa shape index (κ1) is 12.0. The summed E-state index contributed by atoms with van der Waals surface area (Å²) in [5.74, 6) is 0. The Labute approximate surface area is 91.8 Å². The minimum atomic E-state index is 0.762. The first-order chi connectivity index (χ1) is 7.13. The first-order valence-electron chi connectivity index (χ1n) is 5.16. The number of hydrogen-bond acceptors (Lipinski definition) is 3. The molecule has 0 saturated carbocycles. The number of nitrogens with two attached hydrogens (primary N) is 1. The summed E-state index contributed by atoms with van der Waals surface area (Å²) in [5.41, 5.74) is 9.11. The zero-order chi connectivity index (χ0) is 11.3. The molecule has 1 aromatic carbocycles. The molecule has 0 radical (unpaired) electrons. The van der Waals surface area contributed by atoms with E-state index in [0.29, 0.717) is 0 Å². The van der Waals surface area contributed by atoms with E-state index in [0.717, 1.165) is 30.9 Å². The van der Waals surface area contributed by atoms with Crippen molar-refractivity contribution < 1.29 is 4.74 Å². The van der Waals surface area contributed by atoms with Gasteiger partial charge in [0.2, 0.25) is 0 Å². The van der Waals surface area contributed by atoms with Crippen LogP contribution in [0.2, 0.25) is 0 Å². The zero-order valence-electron chi connectivity index (χ0n) is 9.79. The van der Waals surface area contributed by atoms with Crippen molar-refractivity contribution in [3.05, 3.63) is 29.3 Å². The average Bonchev–Trinajstić information content (AvgIpc) is 2.20. The third-order valence-electron chi connectivity index (χ3n) is 2.47. The predicted octanol–water partition coefficient (Wildman–Crippen LogP) is 1.66. The van der Waals surface area contributed by atoms with Crippen LogP contribution in [0, 0.1) is 6.92 Å². The van der Waals surface area contributed by atoms with Gasteiger partial charge < -0.3 is 10.5 Å². The van der Waals surface area contributed by atoms with Crippen LogP contribution in [0.1, 0.15) is 11.1 Å². The molecular weight excluding hydrogens is 188 g/mol. The third-order valence-corrected chi connectivity index (χ3v) is 2.47. The molecule has 0 aromatic heterocycles. The molecule has 0 saturated heterocycles. The second-order valence-corrected chi connectivity index (χ2v) is 3.92. The highest BCUT2D eigenvalue weighted by Gasteiger charge is 2.01. The van der Waals surface area contributed by atoms with Crippen molar-refractivity contribution in [3.63, 3.8) is 0 Å². The second kappa shape index (κ2) is 5.73. The standard InChI is InChI=1S/C12H20N2O/c1-10-4-5-11(8-12(10)13)9-14(2)6-7-15-3/h4-5,8H,6-7,9,13H2,1-3H3. The van der Waals surface area contributed by atoms with Crippen molar-refractivity contribution in [2.45, 2.75) is 13.5 Å². The van der Waals surface area contributed by atoms with Gasteiger partial charge in [-0.15, -0.1) is 0 Å². The van der Waals surface area contributed by atoms with Gasteiger partial charge in [0.05, 0.1) is 6.61 Å². The van der Waals surface area contributed by atoms with Crippen molar-refractivity contribution in [1.29, 1.82) is 0 Å². The van der Waals surface area contributed by atoms with Crippen LogP contribution in [0.3, 0.4) is 0 Å². The summed E-state index contributed by atoms with van der Waals surface area (Å²) in [7, 11) is 3.80. The second-order valence-electron chi connectivity index (χ2n) is 3.92. The number of aryl methyl sites for hydroxylation is 1. The summed E-state index contributed by atoms with van der Waals surface area (Å²) < 4.78 is 5.03. The number of hydrogen-bond donors (Lipinski definition) is 1. The van der Waals surface area contributed by atoms with E-state index in [1.807, 2.05) is 13.0 Å². The van der Waals surface area contributed by atoms with E-state index >= 15 is 0 Å². The smallest absolute Gasteiger partial charge is 0.0589 e. The fraction of sp³-hybridized carbons (Fsp3) is 0.500. The van der Waals surface area contributed by atoms with Crippen LogP contribution in [0.5, 0.6) is 0 Å². The molecule has 0 spiro atoms. The number of benzene rings is 1. The quantitative estimate of drug-likeness (QED) is 0.748. The van der Waals surface area contributed by atoms with Crippen molar-refractivity contribution in [3.8, 4) is 0 Å². The van der Waals surface area contributed by atoms with Gasteiger partial charge in [0.15, 0.2) is 0 Å². The van der Waals surface area contributed by atoms with Crippen LogP contribution in [0.25, 0.3) is 0 Å². The lowest BCUT2D eigenvalue weighted by Gasteiger charge is -2.16. The number of nitrogen functional groups attached to an aromatic ring is 1. The molecular formula is C12H20N2O. The molecule has 1 rings (SSSR count). The molecule has 84 valence electrons. The summed E-state index contributed by atoms with van der Waals surface area (Å²) in [6.45, 7) is 4.63. The fourth-order valence-electron chi connectivity index (χ4n) is 1.43. The summed E-state index contributed by atoms with van der Waals surface area (Å²) in [6, 6.07) is 6.22. The van der Waals surface area contributed by atoms with Crippen LogP contribution in [0.4, 0.5) is 5.69 Å². The monoisotopic (exact) mass is 208 g/mol. The lowest BCUT2D eigenvalue weighted by molar-refractivity contribution is 0.158. The molecule has 3 nitrogen and oxygen atoms in total. The van der Waals surface area contributed by atoms with Crippen molar-refractivity contribution in [2.24, 2.45) is 0 Å². The van der Waals surface area contributed by atoms with Gasteiger partial charge in [-0.05, 0) is 31.2 Å². The zero-order valence-corrected chi connectivity index (χ0v) is 9.79. The summed E-state index contributed by atoms with van der Waals surface area (Å²) in [5, 5.41) is 0. The molecule has 0 unspecified atom stereocenters. The van der Waals surface area contributed by atoms with Gasteiger partial charge >= 0.3 is 0 Å². The maximum absolute atomic E-state index is 5.85. The average molecular weight is 208 g/mol. The number of nitrogens with zero attached hydrogens (tertiary/aromatic N) is 1. The predicted molar refractivity (Wildman–Crippen MR) is 63.8 cm³/mol. The molecule has 0 heterocycles. The highest BCUT2D eigenvalue weighted by molar-refractivity contribution is 5.48. The molecule has 0 aliphatic carbocycles. The molecule has 2 N–H and O–H groups in total. The molecule has 3 heteroatoms. The topological polar surface area (TPSA) is 38.5 Å². The Hall–Kier alpha value is -1.06. The van der Waals surface area contributed by atoms with E-state index in [4.69, 9.17) is 10.5 Å². The minimum absolute atomic E-state index is 0.762. The van der Waals surface area contributed by atoms with Crippen LogP contribution in [-0.4, -0.2) is 32.2 Å². The molecule has 0 atom stereocenters.